The van der Waals surface area contributed by atoms with E-state index < -0.39 is 64.4 Å². The van der Waals surface area contributed by atoms with Gasteiger partial charge in [-0.25, -0.2) is 0 Å². The van der Waals surface area contributed by atoms with Crippen LogP contribution in [0.1, 0.15) is 40.4 Å². The Hall–Kier alpha value is -3.15. The number of aromatic hydroxyl groups is 1. The van der Waals surface area contributed by atoms with Crippen molar-refractivity contribution in [1.82, 2.24) is 9.80 Å². The van der Waals surface area contributed by atoms with Gasteiger partial charge in [0.2, 0.25) is 5.91 Å². The Bertz CT molecular complexity index is 1350. The van der Waals surface area contributed by atoms with Crippen LogP contribution in [0, 0.1) is 35.5 Å². The van der Waals surface area contributed by atoms with Gasteiger partial charge in [-0.1, -0.05) is 0 Å². The number of nitrogens with zero attached hydrogens (tertiary/aromatic N) is 2. The fourth-order valence-corrected chi connectivity index (χ4v) is 8.29. The van der Waals surface area contributed by atoms with Crippen LogP contribution in [-0.4, -0.2) is 95.5 Å². The number of likely N-dealkylation sites (tertiary alicyclic amines) is 1. The predicted molar refractivity (Wildman–Crippen MR) is 135 cm³/mol. The molecule has 9 unspecified atom stereocenters. The molecule has 4 fully saturated rings. The number of amides is 1. The zero-order chi connectivity index (χ0) is 28.3. The second-order valence-corrected chi connectivity index (χ2v) is 12.2. The second kappa shape index (κ2) is 8.42. The van der Waals surface area contributed by atoms with Crippen molar-refractivity contribution in [3.63, 3.8) is 0 Å². The van der Waals surface area contributed by atoms with E-state index in [1.54, 1.807) is 14.1 Å². The van der Waals surface area contributed by atoms with Gasteiger partial charge in [0.1, 0.15) is 11.5 Å². The van der Waals surface area contributed by atoms with Gasteiger partial charge in [0.05, 0.1) is 24.6 Å². The fourth-order valence-electron chi connectivity index (χ4n) is 8.29. The molecule has 0 radical (unpaired) electrons. The smallest absolute Gasteiger partial charge is 0.235 e. The molecule has 4 aliphatic carbocycles. The second-order valence-electron chi connectivity index (χ2n) is 12.2. The van der Waals surface area contributed by atoms with Crippen molar-refractivity contribution in [2.45, 2.75) is 36.9 Å². The Morgan fingerprint density at radius 1 is 1.15 bits per heavy atom. The van der Waals surface area contributed by atoms with Crippen molar-refractivity contribution in [3.05, 3.63) is 22.8 Å². The number of phenols is 1. The molecule has 1 aliphatic heterocycles. The highest BCUT2D eigenvalue weighted by molar-refractivity contribution is 6.32. The molecule has 11 nitrogen and oxygen atoms in total. The van der Waals surface area contributed by atoms with Crippen LogP contribution in [0.3, 0.4) is 0 Å². The maximum Gasteiger partial charge on any atom is 0.235 e. The first-order chi connectivity index (χ1) is 18.3. The Labute approximate surface area is 225 Å². The number of carbonyl (C=O) groups is 5. The van der Waals surface area contributed by atoms with E-state index in [2.05, 4.69) is 4.90 Å². The molecule has 1 amide bonds. The summed E-state index contributed by atoms with van der Waals surface area (Å²) in [6.07, 6.45) is 1.28. The number of hydrogen-bond acceptors (Lipinski definition) is 10. The van der Waals surface area contributed by atoms with Crippen LogP contribution < -0.4 is 10.5 Å². The summed E-state index contributed by atoms with van der Waals surface area (Å²) in [6.45, 7) is 0.939. The third-order valence-corrected chi connectivity index (χ3v) is 9.94. The average molecular weight is 540 g/mol. The summed E-state index contributed by atoms with van der Waals surface area (Å²) in [6, 6.07) is 0.440. The van der Waals surface area contributed by atoms with E-state index in [0.717, 1.165) is 18.5 Å². The molecule has 1 aromatic carbocycles. The zero-order valence-corrected chi connectivity index (χ0v) is 22.3. The minimum Gasteiger partial charge on any atom is -0.507 e. The van der Waals surface area contributed by atoms with Crippen molar-refractivity contribution in [1.29, 1.82) is 0 Å². The number of likely N-dealkylation sites (N-methyl/N-ethyl adjacent to an activating group) is 1. The van der Waals surface area contributed by atoms with Gasteiger partial charge >= 0.3 is 0 Å². The van der Waals surface area contributed by atoms with Crippen LogP contribution in [-0.2, 0) is 25.6 Å². The molecule has 3 saturated carbocycles. The van der Waals surface area contributed by atoms with Gasteiger partial charge in [0.25, 0.3) is 0 Å². The number of ketones is 4. The third kappa shape index (κ3) is 3.29. The molecule has 6 rings (SSSR count). The molecule has 11 heteroatoms. The van der Waals surface area contributed by atoms with E-state index in [4.69, 9.17) is 10.5 Å². The number of piperidine rings is 1. The molecule has 208 valence electrons. The predicted octanol–water partition coefficient (Wildman–Crippen LogP) is -0.502. The third-order valence-electron chi connectivity index (χ3n) is 9.94. The van der Waals surface area contributed by atoms with Crippen LogP contribution in [0.25, 0.3) is 0 Å². The largest absolute Gasteiger partial charge is 0.507 e. The molecule has 0 aromatic heterocycles. The molecule has 5 aliphatic rings. The number of Topliss-reactive ketones (excluding diaryl/α,β-unsaturated/α-hetero) is 4. The lowest BCUT2D eigenvalue weighted by atomic mass is 9.52. The van der Waals surface area contributed by atoms with Crippen molar-refractivity contribution in [2.24, 2.45) is 41.2 Å². The maximum absolute atomic E-state index is 13.9. The fraction of sp³-hybridized carbons (Fsp3) is 0.607. The van der Waals surface area contributed by atoms with Crippen LogP contribution in [0.5, 0.6) is 11.5 Å². The highest BCUT2D eigenvalue weighted by Crippen LogP contribution is 2.59. The Morgan fingerprint density at radius 2 is 1.85 bits per heavy atom. The highest BCUT2D eigenvalue weighted by Gasteiger charge is 2.69. The van der Waals surface area contributed by atoms with Crippen molar-refractivity contribution < 1.29 is 38.9 Å². The number of aliphatic hydroxyl groups is 1. The van der Waals surface area contributed by atoms with Gasteiger partial charge in [-0.15, -0.1) is 0 Å². The first kappa shape index (κ1) is 26.1. The van der Waals surface area contributed by atoms with Gasteiger partial charge < -0.3 is 20.7 Å². The number of ether oxygens (including phenoxy) is 1. The average Bonchev–Trinajstić information content (AvgIpc) is 3.51. The normalized spacial score (nSPS) is 39.2. The summed E-state index contributed by atoms with van der Waals surface area (Å²) in [5, 5.41) is 22.8. The minimum atomic E-state index is -2.73. The number of fused-ring (bicyclic) bond motifs is 4. The van der Waals surface area contributed by atoms with E-state index >= 15 is 0 Å². The molecule has 1 aromatic rings. The van der Waals surface area contributed by atoms with Crippen molar-refractivity contribution in [3.8, 4) is 11.5 Å². The molecule has 1 heterocycles. The first-order valence-electron chi connectivity index (χ1n) is 13.3. The number of hydrogen-bond donors (Lipinski definition) is 3. The Balaban J connectivity index is 1.47. The van der Waals surface area contributed by atoms with E-state index in [1.165, 1.54) is 18.1 Å². The summed E-state index contributed by atoms with van der Waals surface area (Å²) < 4.78 is 5.85. The van der Waals surface area contributed by atoms with E-state index in [-0.39, 0.29) is 30.2 Å². The lowest BCUT2D eigenvalue weighted by molar-refractivity contribution is -0.181. The van der Waals surface area contributed by atoms with Crippen molar-refractivity contribution >= 4 is 29.0 Å². The van der Waals surface area contributed by atoms with Gasteiger partial charge in [-0.05, 0) is 64.2 Å². The van der Waals surface area contributed by atoms with E-state index in [9.17, 15) is 34.2 Å². The number of carbonyl (C=O) groups excluding carboxylic acids is 5. The van der Waals surface area contributed by atoms with Crippen LogP contribution in [0.15, 0.2) is 6.07 Å². The molecule has 0 bridgehead atoms. The number of methoxy groups -OCH3 is 1. The number of rotatable bonds is 4. The lowest BCUT2D eigenvalue weighted by Crippen LogP contribution is -2.74. The van der Waals surface area contributed by atoms with Crippen LogP contribution in [0.4, 0.5) is 0 Å². The summed E-state index contributed by atoms with van der Waals surface area (Å²) in [5.74, 6) is -8.98. The number of benzene rings is 1. The molecule has 9 atom stereocenters. The topological polar surface area (TPSA) is 168 Å². The van der Waals surface area contributed by atoms with Crippen LogP contribution >= 0.6 is 0 Å². The summed E-state index contributed by atoms with van der Waals surface area (Å²) in [4.78, 5) is 70.2. The SMILES string of the molecule is COc1c(C2C3CC3CN2C)cc(O)c2c1CC1CC3C(N(C)C)C(=O)C(C(N)=O)C(=O)C3(O)C(=O)C1C2=O. The summed E-state index contributed by atoms with van der Waals surface area (Å²) >= 11 is 0. The molecule has 39 heavy (non-hydrogen) atoms. The molecule has 0 spiro atoms. The highest BCUT2D eigenvalue weighted by atomic mass is 16.5. The Morgan fingerprint density at radius 3 is 2.41 bits per heavy atom. The molecule has 4 N–H and O–H groups in total. The standard InChI is InChI=1S/C28H33N3O8/c1-30(2)21-15-7-10-5-13-18(16(32)8-14(24(13)39-4)20-12-6-11(12)9-31(20)3)22(33)17(10)25(35)28(15,38)26(36)19(23(21)34)27(29)37/h8,10-12,15,17,19-21,32,38H,5-7,9H2,1-4H3,(H2,29,37). The zero-order valence-electron chi connectivity index (χ0n) is 22.3. The monoisotopic (exact) mass is 539 g/mol. The molecular formula is C28H33N3O8. The van der Waals surface area contributed by atoms with Crippen LogP contribution in [0.2, 0.25) is 0 Å². The molecular weight excluding hydrogens is 506 g/mol. The van der Waals surface area contributed by atoms with E-state index in [1.807, 2.05) is 7.05 Å². The van der Waals surface area contributed by atoms with Gasteiger partial charge in [-0.2, -0.15) is 0 Å². The minimum absolute atomic E-state index is 0.00602. The van der Waals surface area contributed by atoms with Gasteiger partial charge in [-0.3, -0.25) is 33.8 Å². The lowest BCUT2D eigenvalue weighted by Gasteiger charge is -2.52. The van der Waals surface area contributed by atoms with E-state index in [0.29, 0.717) is 23.1 Å². The molecule has 1 saturated heterocycles. The Kier molecular flexibility index (Phi) is 5.64. The quantitative estimate of drug-likeness (QED) is 0.424. The first-order valence-corrected chi connectivity index (χ1v) is 13.3. The van der Waals surface area contributed by atoms with Gasteiger partial charge in [0, 0.05) is 29.6 Å². The summed E-state index contributed by atoms with van der Waals surface area (Å²) in [7, 11) is 6.66. The van der Waals surface area contributed by atoms with Crippen molar-refractivity contribution in [2.75, 3.05) is 34.8 Å². The number of nitrogens with two attached hydrogens (primary N) is 1. The number of primary amides is 1. The number of phenolic OH excluding ortho intramolecular Hbond substituents is 1. The van der Waals surface area contributed by atoms with Gasteiger partial charge in [0.15, 0.2) is 34.7 Å². The maximum atomic E-state index is 13.9. The summed E-state index contributed by atoms with van der Waals surface area (Å²) in [5.41, 5.74) is 3.88.